The minimum atomic E-state index is -1.62. The number of aliphatic hydroxyl groups is 3. The van der Waals surface area contributed by atoms with Gasteiger partial charge in [0.25, 0.3) is 0 Å². The first-order valence-corrected chi connectivity index (χ1v) is 6.53. The minimum Gasteiger partial charge on any atom is -0.506 e. The number of guanidine groups is 1. The van der Waals surface area contributed by atoms with Gasteiger partial charge in [0.15, 0.2) is 23.5 Å². The van der Waals surface area contributed by atoms with Crippen LogP contribution in [0.15, 0.2) is 22.8 Å². The van der Waals surface area contributed by atoms with Crippen molar-refractivity contribution in [1.29, 1.82) is 0 Å². The second kappa shape index (κ2) is 4.37. The lowest BCUT2D eigenvalue weighted by Crippen LogP contribution is -2.37. The summed E-state index contributed by atoms with van der Waals surface area (Å²) in [5.41, 5.74) is 4.25. The maximum absolute atomic E-state index is 10.5. The molecule has 1 aromatic heterocycles. The Bertz CT molecular complexity index is 648. The summed E-state index contributed by atoms with van der Waals surface area (Å²) in [5, 5.41) is 33.1. The minimum absolute atomic E-state index is 0.0299. The normalized spacial score (nSPS) is 31.5. The molecule has 0 fully saturated rings. The number of aliphatic imine (C=N–C) groups is 1. The summed E-state index contributed by atoms with van der Waals surface area (Å²) < 4.78 is 7.09. The van der Waals surface area contributed by atoms with Crippen molar-refractivity contribution in [2.24, 2.45) is 10.7 Å². The number of hydrogen-bond acceptors (Lipinski definition) is 8. The van der Waals surface area contributed by atoms with Crippen LogP contribution < -0.4 is 11.1 Å². The Labute approximate surface area is 120 Å². The molecule has 3 atom stereocenters. The van der Waals surface area contributed by atoms with Gasteiger partial charge in [0, 0.05) is 6.42 Å². The largest absolute Gasteiger partial charge is 0.506 e. The summed E-state index contributed by atoms with van der Waals surface area (Å²) in [7, 11) is 0. The van der Waals surface area contributed by atoms with Crippen molar-refractivity contribution in [3.05, 3.63) is 23.5 Å². The fraction of sp³-hybridized carbons (Fsp3) is 0.500. The van der Waals surface area contributed by atoms with Gasteiger partial charge in [0.1, 0.15) is 17.3 Å². The van der Waals surface area contributed by atoms with Gasteiger partial charge in [-0.15, -0.1) is 0 Å². The van der Waals surface area contributed by atoms with E-state index in [1.807, 2.05) is 0 Å². The maximum Gasteiger partial charge on any atom is 0.214 e. The number of fused-ring (bicyclic) bond motifs is 1. The Balaban J connectivity index is 2.02. The van der Waals surface area contributed by atoms with Gasteiger partial charge in [-0.2, -0.15) is 0 Å². The van der Waals surface area contributed by atoms with Crippen LogP contribution in [-0.2, 0) is 4.74 Å². The third-order valence-electron chi connectivity index (χ3n) is 3.63. The van der Waals surface area contributed by atoms with E-state index in [4.69, 9.17) is 10.5 Å². The molecule has 9 heteroatoms. The molecule has 114 valence electrons. The van der Waals surface area contributed by atoms with E-state index in [1.54, 1.807) is 6.92 Å². The molecular weight excluding hydrogens is 278 g/mol. The summed E-state index contributed by atoms with van der Waals surface area (Å²) >= 11 is 0. The number of nitrogens with zero attached hydrogens (tertiary/aromatic N) is 3. The zero-order valence-corrected chi connectivity index (χ0v) is 11.6. The van der Waals surface area contributed by atoms with E-state index >= 15 is 0 Å². The quantitative estimate of drug-likeness (QED) is 0.520. The Morgan fingerprint density at radius 3 is 2.90 bits per heavy atom. The first-order valence-electron chi connectivity index (χ1n) is 6.53. The van der Waals surface area contributed by atoms with Gasteiger partial charge in [-0.1, -0.05) is 6.92 Å². The highest BCUT2D eigenvalue weighted by atomic mass is 16.5. The zero-order valence-electron chi connectivity index (χ0n) is 11.6. The molecule has 9 nitrogen and oxygen atoms in total. The molecule has 21 heavy (non-hydrogen) atoms. The average molecular weight is 295 g/mol. The molecule has 0 amide bonds. The Hall–Kier alpha value is -2.26. The molecule has 0 saturated heterocycles. The number of nitrogens with two attached hydrogens (primary N) is 1. The van der Waals surface area contributed by atoms with Crippen molar-refractivity contribution in [1.82, 2.24) is 9.55 Å². The standard InChI is InChI=1S/C12H17N5O4/c1-3-5-7(18)12(2,20)10(21-5)17-4-14-6-8(17)15-11(13)16-9(6)19/h4,9-10,18-20H,3H2,1-2H3,(H3,13,15,16)/t9?,10-,12?/m1/s1. The average Bonchev–Trinajstić information content (AvgIpc) is 2.91. The summed E-state index contributed by atoms with van der Waals surface area (Å²) in [5.74, 6) is 0.494. The Morgan fingerprint density at radius 1 is 1.57 bits per heavy atom. The zero-order chi connectivity index (χ0) is 15.4. The number of imidazole rings is 1. The summed E-state index contributed by atoms with van der Waals surface area (Å²) in [4.78, 5) is 7.80. The van der Waals surface area contributed by atoms with E-state index < -0.39 is 18.1 Å². The van der Waals surface area contributed by atoms with Crippen LogP contribution in [0.2, 0.25) is 0 Å². The van der Waals surface area contributed by atoms with Gasteiger partial charge in [-0.05, 0) is 6.92 Å². The highest BCUT2D eigenvalue weighted by molar-refractivity contribution is 5.93. The molecule has 2 aliphatic heterocycles. The van der Waals surface area contributed by atoms with Crippen LogP contribution in [0.25, 0.3) is 0 Å². The molecule has 0 aliphatic carbocycles. The first kappa shape index (κ1) is 13.7. The lowest BCUT2D eigenvalue weighted by Gasteiger charge is -2.28. The van der Waals surface area contributed by atoms with E-state index in [1.165, 1.54) is 17.8 Å². The van der Waals surface area contributed by atoms with Crippen LogP contribution in [0.5, 0.6) is 0 Å². The first-order chi connectivity index (χ1) is 9.86. The van der Waals surface area contributed by atoms with E-state index in [0.717, 1.165) is 0 Å². The molecule has 0 aromatic carbocycles. The molecule has 0 bridgehead atoms. The lowest BCUT2D eigenvalue weighted by atomic mass is 10.0. The lowest BCUT2D eigenvalue weighted by molar-refractivity contribution is -0.0733. The number of anilines is 1. The molecule has 2 unspecified atom stereocenters. The number of aliphatic hydroxyl groups excluding tert-OH is 2. The fourth-order valence-corrected chi connectivity index (χ4v) is 2.50. The van der Waals surface area contributed by atoms with Gasteiger partial charge in [-0.25, -0.2) is 9.98 Å². The Kier molecular flexibility index (Phi) is 2.85. The van der Waals surface area contributed by atoms with Crippen LogP contribution in [0.1, 0.15) is 38.4 Å². The topological polar surface area (TPSA) is 138 Å². The third kappa shape index (κ3) is 1.85. The van der Waals surface area contributed by atoms with Crippen molar-refractivity contribution >= 4 is 11.8 Å². The summed E-state index contributed by atoms with van der Waals surface area (Å²) in [6, 6.07) is 0. The van der Waals surface area contributed by atoms with Crippen molar-refractivity contribution in [3.63, 3.8) is 0 Å². The Morgan fingerprint density at radius 2 is 2.29 bits per heavy atom. The molecule has 0 saturated carbocycles. The molecule has 3 rings (SSSR count). The molecule has 0 radical (unpaired) electrons. The number of ether oxygens (including phenoxy) is 1. The highest BCUT2D eigenvalue weighted by Crippen LogP contribution is 2.43. The third-order valence-corrected chi connectivity index (χ3v) is 3.63. The van der Waals surface area contributed by atoms with Gasteiger partial charge >= 0.3 is 0 Å². The smallest absolute Gasteiger partial charge is 0.214 e. The van der Waals surface area contributed by atoms with Gasteiger partial charge in [-0.3, -0.25) is 4.57 Å². The van der Waals surface area contributed by atoms with Gasteiger partial charge in [0.05, 0.1) is 6.33 Å². The van der Waals surface area contributed by atoms with E-state index in [9.17, 15) is 15.3 Å². The van der Waals surface area contributed by atoms with Crippen LogP contribution >= 0.6 is 0 Å². The van der Waals surface area contributed by atoms with Crippen LogP contribution in [-0.4, -0.2) is 36.4 Å². The molecule has 0 spiro atoms. The van der Waals surface area contributed by atoms with Crippen molar-refractivity contribution in [2.45, 2.75) is 38.3 Å². The molecule has 6 N–H and O–H groups in total. The second-order valence-electron chi connectivity index (χ2n) is 5.14. The summed E-state index contributed by atoms with van der Waals surface area (Å²) in [6.07, 6.45) is -0.273. The molecule has 3 heterocycles. The number of allylic oxidation sites excluding steroid dienone is 1. The number of nitrogens with one attached hydrogen (secondary N) is 1. The van der Waals surface area contributed by atoms with Crippen molar-refractivity contribution < 1.29 is 20.1 Å². The van der Waals surface area contributed by atoms with Crippen LogP contribution in [0.3, 0.4) is 0 Å². The van der Waals surface area contributed by atoms with Gasteiger partial charge in [0.2, 0.25) is 6.23 Å². The van der Waals surface area contributed by atoms with Gasteiger partial charge < -0.3 is 31.1 Å². The predicted octanol–water partition coefficient (Wildman–Crippen LogP) is 0.0736. The number of aromatic nitrogens is 2. The fourth-order valence-electron chi connectivity index (χ4n) is 2.50. The monoisotopic (exact) mass is 295 g/mol. The summed E-state index contributed by atoms with van der Waals surface area (Å²) in [6.45, 7) is 3.25. The number of rotatable bonds is 2. The van der Waals surface area contributed by atoms with Crippen molar-refractivity contribution in [2.75, 3.05) is 5.32 Å². The number of hydrogen-bond donors (Lipinski definition) is 5. The van der Waals surface area contributed by atoms with E-state index in [0.29, 0.717) is 18.0 Å². The molecular formula is C12H17N5O4. The highest BCUT2D eigenvalue weighted by Gasteiger charge is 2.48. The second-order valence-corrected chi connectivity index (χ2v) is 5.14. The molecule has 1 aromatic rings. The van der Waals surface area contributed by atoms with E-state index in [-0.39, 0.29) is 17.4 Å². The van der Waals surface area contributed by atoms with Crippen LogP contribution in [0.4, 0.5) is 5.82 Å². The SMILES string of the molecule is CCC1=C(O)C(C)(O)[C@H](n2cnc3c2NC(N)=NC3O)O1. The maximum atomic E-state index is 10.5. The van der Waals surface area contributed by atoms with Crippen LogP contribution in [0, 0.1) is 0 Å². The predicted molar refractivity (Wildman–Crippen MR) is 73.1 cm³/mol. The van der Waals surface area contributed by atoms with Crippen molar-refractivity contribution in [3.8, 4) is 0 Å². The molecule has 2 aliphatic rings. The van der Waals surface area contributed by atoms with E-state index in [2.05, 4.69) is 15.3 Å².